The number of rotatable bonds is 7. The lowest BCUT2D eigenvalue weighted by molar-refractivity contribution is 0.415. The number of benzene rings is 1. The molecule has 1 N–H and O–H groups in total. The zero-order valence-corrected chi connectivity index (χ0v) is 10.8. The van der Waals surface area contributed by atoms with Crippen molar-refractivity contribution in [3.63, 3.8) is 0 Å². The average Bonchev–Trinajstić information content (AvgIpc) is 2.31. The molecule has 0 aliphatic rings. The van der Waals surface area contributed by atoms with Crippen molar-refractivity contribution in [1.29, 1.82) is 0 Å². The molecule has 1 rings (SSSR count). The highest BCUT2D eigenvalue weighted by atomic mass is 35.5. The van der Waals surface area contributed by atoms with E-state index in [0.717, 1.165) is 23.0 Å². The molecular weight excluding hydrogens is 222 g/mol. The van der Waals surface area contributed by atoms with Crippen LogP contribution < -0.4 is 10.1 Å². The summed E-state index contributed by atoms with van der Waals surface area (Å²) in [6.07, 6.45) is 5.01. The number of ether oxygens (including phenoxy) is 1. The fraction of sp³-hybridized carbons (Fsp3) is 0.538. The molecule has 0 aliphatic carbocycles. The molecule has 3 heteroatoms. The number of hydrogen-bond donors (Lipinski definition) is 1. The van der Waals surface area contributed by atoms with E-state index in [0.29, 0.717) is 0 Å². The third-order valence-corrected chi connectivity index (χ3v) is 2.85. The first kappa shape index (κ1) is 13.2. The van der Waals surface area contributed by atoms with Crippen molar-refractivity contribution in [2.45, 2.75) is 32.6 Å². The summed E-state index contributed by atoms with van der Waals surface area (Å²) < 4.78 is 5.16. The van der Waals surface area contributed by atoms with E-state index in [-0.39, 0.29) is 0 Å². The molecule has 2 nitrogen and oxygen atoms in total. The summed E-state index contributed by atoms with van der Waals surface area (Å²) >= 11 is 6.08. The second kappa shape index (κ2) is 7.39. The summed E-state index contributed by atoms with van der Waals surface area (Å²) in [4.78, 5) is 0. The van der Waals surface area contributed by atoms with Crippen LogP contribution in [0.4, 0.5) is 5.69 Å². The Labute approximate surface area is 103 Å². The lowest BCUT2D eigenvalue weighted by Crippen LogP contribution is -2.02. The van der Waals surface area contributed by atoms with Gasteiger partial charge < -0.3 is 10.1 Å². The molecule has 0 saturated carbocycles. The van der Waals surface area contributed by atoms with Crippen molar-refractivity contribution in [3.8, 4) is 5.75 Å². The molecular formula is C13H20ClNO. The van der Waals surface area contributed by atoms with Gasteiger partial charge in [0.25, 0.3) is 0 Å². The van der Waals surface area contributed by atoms with Gasteiger partial charge in [-0.05, 0) is 18.6 Å². The van der Waals surface area contributed by atoms with Crippen molar-refractivity contribution < 1.29 is 4.74 Å². The van der Waals surface area contributed by atoms with Gasteiger partial charge in [0, 0.05) is 12.6 Å². The lowest BCUT2D eigenvalue weighted by Gasteiger charge is -2.09. The number of hydrogen-bond acceptors (Lipinski definition) is 2. The minimum atomic E-state index is 0.747. The van der Waals surface area contributed by atoms with Crippen LogP contribution in [0.2, 0.25) is 5.02 Å². The Morgan fingerprint density at radius 3 is 2.75 bits per heavy atom. The van der Waals surface area contributed by atoms with Gasteiger partial charge in [-0.25, -0.2) is 0 Å². The molecule has 0 bridgehead atoms. The average molecular weight is 242 g/mol. The topological polar surface area (TPSA) is 21.3 Å². The summed E-state index contributed by atoms with van der Waals surface area (Å²) in [7, 11) is 1.66. The SMILES string of the molecule is CCCCCCNc1cc(OC)ccc1Cl. The number of anilines is 1. The van der Waals surface area contributed by atoms with Gasteiger partial charge in [-0.15, -0.1) is 0 Å². The van der Waals surface area contributed by atoms with E-state index in [9.17, 15) is 0 Å². The molecule has 90 valence electrons. The van der Waals surface area contributed by atoms with Crippen LogP contribution >= 0.6 is 11.6 Å². The maximum absolute atomic E-state index is 6.08. The smallest absolute Gasteiger partial charge is 0.121 e. The predicted octanol–water partition coefficient (Wildman–Crippen LogP) is 4.34. The molecule has 1 aromatic rings. The van der Waals surface area contributed by atoms with E-state index < -0.39 is 0 Å². The minimum Gasteiger partial charge on any atom is -0.497 e. The van der Waals surface area contributed by atoms with Crippen molar-refractivity contribution in [2.75, 3.05) is 19.0 Å². The summed E-state index contributed by atoms with van der Waals surface area (Å²) in [5.41, 5.74) is 0.956. The van der Waals surface area contributed by atoms with Crippen molar-refractivity contribution in [2.24, 2.45) is 0 Å². The summed E-state index contributed by atoms with van der Waals surface area (Å²) in [5, 5.41) is 4.08. The minimum absolute atomic E-state index is 0.747. The molecule has 0 radical (unpaired) electrons. The highest BCUT2D eigenvalue weighted by Gasteiger charge is 2.01. The fourth-order valence-corrected chi connectivity index (χ4v) is 1.73. The monoisotopic (exact) mass is 241 g/mol. The molecule has 0 fully saturated rings. The molecule has 0 heterocycles. The Morgan fingerprint density at radius 2 is 2.06 bits per heavy atom. The van der Waals surface area contributed by atoms with Crippen LogP contribution in [-0.4, -0.2) is 13.7 Å². The zero-order valence-electron chi connectivity index (χ0n) is 10.1. The standard InChI is InChI=1S/C13H20ClNO/c1-3-4-5-6-9-15-13-10-11(16-2)7-8-12(13)14/h7-8,10,15H,3-6,9H2,1-2H3. The van der Waals surface area contributed by atoms with Crippen molar-refractivity contribution >= 4 is 17.3 Å². The molecule has 16 heavy (non-hydrogen) atoms. The van der Waals surface area contributed by atoms with Crippen LogP contribution in [0, 0.1) is 0 Å². The first-order chi connectivity index (χ1) is 7.77. The molecule has 0 atom stereocenters. The van der Waals surface area contributed by atoms with Crippen molar-refractivity contribution in [3.05, 3.63) is 23.2 Å². The molecule has 0 aromatic heterocycles. The van der Waals surface area contributed by atoms with Gasteiger partial charge in [0.1, 0.15) is 5.75 Å². The van der Waals surface area contributed by atoms with Crippen LogP contribution in [0.1, 0.15) is 32.6 Å². The van der Waals surface area contributed by atoms with Crippen LogP contribution in [-0.2, 0) is 0 Å². The van der Waals surface area contributed by atoms with E-state index in [1.54, 1.807) is 7.11 Å². The Morgan fingerprint density at radius 1 is 1.25 bits per heavy atom. The van der Waals surface area contributed by atoms with Gasteiger partial charge in [0.05, 0.1) is 17.8 Å². The maximum atomic E-state index is 6.08. The van der Waals surface area contributed by atoms with Gasteiger partial charge >= 0.3 is 0 Å². The Hall–Kier alpha value is -0.890. The molecule has 0 amide bonds. The predicted molar refractivity (Wildman–Crippen MR) is 70.6 cm³/mol. The van der Waals surface area contributed by atoms with E-state index >= 15 is 0 Å². The van der Waals surface area contributed by atoms with Gasteiger partial charge in [0.2, 0.25) is 0 Å². The second-order valence-electron chi connectivity index (χ2n) is 3.83. The Bertz CT molecular complexity index is 315. The summed E-state index contributed by atoms with van der Waals surface area (Å²) in [6, 6.07) is 5.65. The van der Waals surface area contributed by atoms with Crippen LogP contribution in [0.5, 0.6) is 5.75 Å². The maximum Gasteiger partial charge on any atom is 0.121 e. The quantitative estimate of drug-likeness (QED) is 0.717. The van der Waals surface area contributed by atoms with Gasteiger partial charge in [-0.3, -0.25) is 0 Å². The van der Waals surface area contributed by atoms with Crippen LogP contribution in [0.25, 0.3) is 0 Å². The number of unbranched alkanes of at least 4 members (excludes halogenated alkanes) is 3. The number of methoxy groups -OCH3 is 1. The molecule has 0 aliphatic heterocycles. The number of nitrogens with one attached hydrogen (secondary N) is 1. The van der Waals surface area contributed by atoms with Crippen LogP contribution in [0.3, 0.4) is 0 Å². The van der Waals surface area contributed by atoms with E-state index in [1.165, 1.54) is 25.7 Å². The van der Waals surface area contributed by atoms with Gasteiger partial charge in [-0.2, -0.15) is 0 Å². The molecule has 0 saturated heterocycles. The second-order valence-corrected chi connectivity index (χ2v) is 4.24. The normalized spacial score (nSPS) is 10.2. The first-order valence-electron chi connectivity index (χ1n) is 5.85. The van der Waals surface area contributed by atoms with Gasteiger partial charge in [0.15, 0.2) is 0 Å². The Kier molecular flexibility index (Phi) is 6.09. The number of halogens is 1. The molecule has 1 aromatic carbocycles. The van der Waals surface area contributed by atoms with E-state index in [4.69, 9.17) is 16.3 Å². The van der Waals surface area contributed by atoms with Crippen LogP contribution in [0.15, 0.2) is 18.2 Å². The highest BCUT2D eigenvalue weighted by Crippen LogP contribution is 2.26. The largest absolute Gasteiger partial charge is 0.497 e. The Balaban J connectivity index is 2.40. The van der Waals surface area contributed by atoms with E-state index in [2.05, 4.69) is 12.2 Å². The van der Waals surface area contributed by atoms with Crippen molar-refractivity contribution in [1.82, 2.24) is 0 Å². The van der Waals surface area contributed by atoms with E-state index in [1.807, 2.05) is 18.2 Å². The van der Waals surface area contributed by atoms with Gasteiger partial charge in [-0.1, -0.05) is 37.8 Å². The summed E-state index contributed by atoms with van der Waals surface area (Å²) in [5.74, 6) is 0.834. The highest BCUT2D eigenvalue weighted by molar-refractivity contribution is 6.33. The lowest BCUT2D eigenvalue weighted by atomic mass is 10.2. The summed E-state index contributed by atoms with van der Waals surface area (Å²) in [6.45, 7) is 3.18. The molecule has 0 unspecified atom stereocenters. The third kappa shape index (κ3) is 4.31. The zero-order chi connectivity index (χ0) is 11.8. The third-order valence-electron chi connectivity index (χ3n) is 2.52. The fourth-order valence-electron chi connectivity index (χ4n) is 1.54. The first-order valence-corrected chi connectivity index (χ1v) is 6.23. The molecule has 0 spiro atoms.